The zero-order valence-electron chi connectivity index (χ0n) is 15.2. The van der Waals surface area contributed by atoms with Gasteiger partial charge in [0.15, 0.2) is 5.13 Å². The van der Waals surface area contributed by atoms with Gasteiger partial charge in [-0.25, -0.2) is 14.6 Å². The van der Waals surface area contributed by atoms with Crippen LogP contribution < -0.4 is 4.90 Å². The molecule has 3 heterocycles. The molecule has 1 aromatic carbocycles. The number of hydrogen-bond donors (Lipinski definition) is 0. The average molecular weight is 386 g/mol. The number of ether oxygens (including phenoxy) is 1. The number of thiazole rings is 1. The van der Waals surface area contributed by atoms with Crippen molar-refractivity contribution in [2.24, 2.45) is 0 Å². The van der Waals surface area contributed by atoms with Crippen molar-refractivity contribution in [2.45, 2.75) is 13.5 Å². The highest BCUT2D eigenvalue weighted by atomic mass is 32.1. The summed E-state index contributed by atoms with van der Waals surface area (Å²) < 4.78 is 8.04. The van der Waals surface area contributed by atoms with E-state index in [1.165, 1.54) is 11.9 Å². The van der Waals surface area contributed by atoms with Gasteiger partial charge >= 0.3 is 0 Å². The molecule has 142 valence electrons. The van der Waals surface area contributed by atoms with E-state index in [2.05, 4.69) is 28.0 Å². The third-order valence-corrected chi connectivity index (χ3v) is 5.61. The van der Waals surface area contributed by atoms with Gasteiger partial charge < -0.3 is 4.74 Å². The maximum Gasteiger partial charge on any atom is 0.250 e. The SMILES string of the molecule is Cc1ccc2nc(N(CCN3CCOCC3)C(=O)Cn3cncn3)sc2c1. The van der Waals surface area contributed by atoms with Gasteiger partial charge in [0, 0.05) is 26.2 Å². The van der Waals surface area contributed by atoms with Gasteiger partial charge in [-0.15, -0.1) is 0 Å². The fraction of sp³-hybridized carbons (Fsp3) is 0.444. The monoisotopic (exact) mass is 386 g/mol. The van der Waals surface area contributed by atoms with Crippen LogP contribution in [0.1, 0.15) is 5.56 Å². The molecule has 0 bridgehead atoms. The minimum absolute atomic E-state index is 0.0375. The summed E-state index contributed by atoms with van der Waals surface area (Å²) in [6, 6.07) is 6.16. The molecule has 1 fully saturated rings. The van der Waals surface area contributed by atoms with E-state index in [4.69, 9.17) is 9.72 Å². The highest BCUT2D eigenvalue weighted by Gasteiger charge is 2.22. The van der Waals surface area contributed by atoms with E-state index in [-0.39, 0.29) is 12.5 Å². The lowest BCUT2D eigenvalue weighted by atomic mass is 10.2. The van der Waals surface area contributed by atoms with Crippen LogP contribution in [0.4, 0.5) is 5.13 Å². The number of benzene rings is 1. The summed E-state index contributed by atoms with van der Waals surface area (Å²) in [5.74, 6) is -0.0375. The number of fused-ring (bicyclic) bond motifs is 1. The summed E-state index contributed by atoms with van der Waals surface area (Å²) in [7, 11) is 0. The maximum atomic E-state index is 13.0. The van der Waals surface area contributed by atoms with E-state index in [1.807, 2.05) is 12.1 Å². The first-order chi connectivity index (χ1) is 13.2. The van der Waals surface area contributed by atoms with Crippen LogP contribution in [0.3, 0.4) is 0 Å². The van der Waals surface area contributed by atoms with Gasteiger partial charge in [0.25, 0.3) is 5.91 Å². The number of anilines is 1. The van der Waals surface area contributed by atoms with Gasteiger partial charge in [-0.2, -0.15) is 5.10 Å². The summed E-state index contributed by atoms with van der Waals surface area (Å²) in [5.41, 5.74) is 2.11. The number of hydrogen-bond acceptors (Lipinski definition) is 7. The fourth-order valence-corrected chi connectivity index (χ4v) is 4.17. The van der Waals surface area contributed by atoms with Gasteiger partial charge in [-0.1, -0.05) is 17.4 Å². The molecule has 1 saturated heterocycles. The number of aromatic nitrogens is 4. The largest absolute Gasteiger partial charge is 0.379 e. The van der Waals surface area contributed by atoms with E-state index >= 15 is 0 Å². The molecule has 0 saturated carbocycles. The molecular formula is C18H22N6O2S. The zero-order valence-corrected chi connectivity index (χ0v) is 16.1. The Morgan fingerprint density at radius 3 is 2.96 bits per heavy atom. The standard InChI is InChI=1S/C18H22N6O2S/c1-14-2-3-15-16(10-14)27-18(21-15)24(5-4-22-6-8-26-9-7-22)17(25)11-23-13-19-12-20-23/h2-3,10,12-13H,4-9,11H2,1H3. The van der Waals surface area contributed by atoms with Crippen molar-refractivity contribution in [2.75, 3.05) is 44.3 Å². The van der Waals surface area contributed by atoms with E-state index in [0.29, 0.717) is 6.54 Å². The molecule has 1 aliphatic rings. The minimum Gasteiger partial charge on any atom is -0.379 e. The predicted molar refractivity (Wildman–Crippen MR) is 104 cm³/mol. The Morgan fingerprint density at radius 1 is 1.33 bits per heavy atom. The number of rotatable bonds is 6. The van der Waals surface area contributed by atoms with Gasteiger partial charge in [-0.05, 0) is 24.6 Å². The van der Waals surface area contributed by atoms with Crippen LogP contribution >= 0.6 is 11.3 Å². The maximum absolute atomic E-state index is 13.0. The topological polar surface area (TPSA) is 76.4 Å². The molecule has 3 aromatic rings. The van der Waals surface area contributed by atoms with Crippen molar-refractivity contribution < 1.29 is 9.53 Å². The molecule has 0 N–H and O–H groups in total. The highest BCUT2D eigenvalue weighted by Crippen LogP contribution is 2.29. The Bertz CT molecular complexity index is 904. The molecule has 8 nitrogen and oxygen atoms in total. The van der Waals surface area contributed by atoms with Gasteiger partial charge in [0.2, 0.25) is 0 Å². The smallest absolute Gasteiger partial charge is 0.250 e. The van der Waals surface area contributed by atoms with Crippen LogP contribution in [-0.2, 0) is 16.1 Å². The second-order valence-electron chi connectivity index (χ2n) is 6.56. The third-order valence-electron chi connectivity index (χ3n) is 4.57. The third kappa shape index (κ3) is 4.32. The molecule has 0 radical (unpaired) electrons. The summed E-state index contributed by atoms with van der Waals surface area (Å²) >= 11 is 1.55. The van der Waals surface area contributed by atoms with Crippen LogP contribution in [0.25, 0.3) is 10.2 Å². The second-order valence-corrected chi connectivity index (χ2v) is 7.57. The lowest BCUT2D eigenvalue weighted by Crippen LogP contribution is -2.44. The second kappa shape index (κ2) is 8.12. The summed E-state index contributed by atoms with van der Waals surface area (Å²) in [6.07, 6.45) is 2.99. The Balaban J connectivity index is 1.56. The van der Waals surface area contributed by atoms with Crippen LogP contribution in [0.5, 0.6) is 0 Å². The quantitative estimate of drug-likeness (QED) is 0.640. The first-order valence-corrected chi connectivity index (χ1v) is 9.81. The molecule has 2 aromatic heterocycles. The van der Waals surface area contributed by atoms with E-state index in [0.717, 1.165) is 48.2 Å². The van der Waals surface area contributed by atoms with Gasteiger partial charge in [0.05, 0.1) is 23.4 Å². The average Bonchev–Trinajstić information content (AvgIpc) is 3.32. The van der Waals surface area contributed by atoms with Gasteiger partial charge in [0.1, 0.15) is 19.2 Å². The Kier molecular flexibility index (Phi) is 5.42. The number of carbonyl (C=O) groups is 1. The molecule has 27 heavy (non-hydrogen) atoms. The Hall–Kier alpha value is -2.36. The number of nitrogens with zero attached hydrogens (tertiary/aromatic N) is 6. The van der Waals surface area contributed by atoms with Crippen molar-refractivity contribution in [1.82, 2.24) is 24.6 Å². The fourth-order valence-electron chi connectivity index (χ4n) is 3.07. The van der Waals surface area contributed by atoms with Gasteiger partial charge in [-0.3, -0.25) is 14.6 Å². The molecule has 0 atom stereocenters. The van der Waals surface area contributed by atoms with Crippen molar-refractivity contribution in [3.63, 3.8) is 0 Å². The summed E-state index contributed by atoms with van der Waals surface area (Å²) in [5, 5.41) is 4.78. The van der Waals surface area contributed by atoms with Crippen molar-refractivity contribution in [3.05, 3.63) is 36.4 Å². The number of morpholine rings is 1. The highest BCUT2D eigenvalue weighted by molar-refractivity contribution is 7.22. The van der Waals surface area contributed by atoms with Crippen LogP contribution in [-0.4, -0.2) is 69.9 Å². The first kappa shape index (κ1) is 18.0. The molecule has 4 rings (SSSR count). The summed E-state index contributed by atoms with van der Waals surface area (Å²) in [6.45, 7) is 6.87. The Morgan fingerprint density at radius 2 is 2.19 bits per heavy atom. The number of aryl methyl sites for hydroxylation is 1. The lowest BCUT2D eigenvalue weighted by Gasteiger charge is -2.29. The molecule has 0 spiro atoms. The van der Waals surface area contributed by atoms with Crippen molar-refractivity contribution in [1.29, 1.82) is 0 Å². The summed E-state index contributed by atoms with van der Waals surface area (Å²) in [4.78, 5) is 25.7. The molecule has 1 aliphatic heterocycles. The molecule has 9 heteroatoms. The van der Waals surface area contributed by atoms with Crippen molar-refractivity contribution >= 4 is 32.6 Å². The van der Waals surface area contributed by atoms with Crippen LogP contribution in [0.15, 0.2) is 30.9 Å². The Labute approximate surface area is 161 Å². The molecule has 0 unspecified atom stereocenters. The molecule has 0 aliphatic carbocycles. The normalized spacial score (nSPS) is 15.3. The van der Waals surface area contributed by atoms with E-state index < -0.39 is 0 Å². The van der Waals surface area contributed by atoms with Crippen LogP contribution in [0.2, 0.25) is 0 Å². The zero-order chi connectivity index (χ0) is 18.6. The number of carbonyl (C=O) groups excluding carboxylic acids is 1. The van der Waals surface area contributed by atoms with E-state index in [9.17, 15) is 4.79 Å². The minimum atomic E-state index is -0.0375. The lowest BCUT2D eigenvalue weighted by molar-refractivity contribution is -0.119. The predicted octanol–water partition coefficient (Wildman–Crippen LogP) is 1.56. The molecular weight excluding hydrogens is 364 g/mol. The first-order valence-electron chi connectivity index (χ1n) is 8.99. The van der Waals surface area contributed by atoms with Crippen molar-refractivity contribution in [3.8, 4) is 0 Å². The molecule has 1 amide bonds. The number of amides is 1. The van der Waals surface area contributed by atoms with E-state index in [1.54, 1.807) is 27.2 Å². The van der Waals surface area contributed by atoms with Crippen LogP contribution in [0, 0.1) is 6.92 Å².